The molecule has 0 aliphatic heterocycles. The highest BCUT2D eigenvalue weighted by Crippen LogP contribution is 2.24. The number of benzene rings is 2. The smallest absolute Gasteiger partial charge is 0.285 e. The molecule has 2 aromatic rings. The standard InChI is InChI=1S/C17H17FN2O2S/c1-11-7-8-12(18)9-15(11)16(21)19-13-5-4-6-14(10-13)23-17(22)20(2)3/h4-10H,1-3H3,(H,19,21). The molecule has 0 aliphatic carbocycles. The third-order valence-electron chi connectivity index (χ3n) is 3.11. The van der Waals surface area contributed by atoms with Crippen molar-refractivity contribution < 1.29 is 14.0 Å². The van der Waals surface area contributed by atoms with Crippen LogP contribution in [0.1, 0.15) is 15.9 Å². The molecule has 1 N–H and O–H groups in total. The lowest BCUT2D eigenvalue weighted by atomic mass is 10.1. The molecule has 2 amide bonds. The molecule has 4 nitrogen and oxygen atoms in total. The molecular formula is C17H17FN2O2S. The SMILES string of the molecule is Cc1ccc(F)cc1C(=O)Nc1cccc(SC(=O)N(C)C)c1. The van der Waals surface area contributed by atoms with Gasteiger partial charge in [0.2, 0.25) is 0 Å². The van der Waals surface area contributed by atoms with Crippen molar-refractivity contribution in [2.45, 2.75) is 11.8 Å². The van der Waals surface area contributed by atoms with Crippen LogP contribution in [0.5, 0.6) is 0 Å². The first-order valence-electron chi connectivity index (χ1n) is 6.93. The summed E-state index contributed by atoms with van der Waals surface area (Å²) < 4.78 is 13.3. The average Bonchev–Trinajstić information content (AvgIpc) is 2.49. The van der Waals surface area contributed by atoms with E-state index < -0.39 is 5.82 Å². The van der Waals surface area contributed by atoms with E-state index in [-0.39, 0.29) is 16.7 Å². The van der Waals surface area contributed by atoms with Gasteiger partial charge in [-0.2, -0.15) is 0 Å². The number of nitrogens with one attached hydrogen (secondary N) is 1. The van der Waals surface area contributed by atoms with E-state index >= 15 is 0 Å². The van der Waals surface area contributed by atoms with Crippen LogP contribution in [0.4, 0.5) is 14.9 Å². The largest absolute Gasteiger partial charge is 0.339 e. The van der Waals surface area contributed by atoms with Gasteiger partial charge in [0, 0.05) is 30.2 Å². The van der Waals surface area contributed by atoms with Crippen molar-refractivity contribution in [2.24, 2.45) is 0 Å². The Morgan fingerprint density at radius 3 is 2.57 bits per heavy atom. The first-order chi connectivity index (χ1) is 10.9. The summed E-state index contributed by atoms with van der Waals surface area (Å²) in [6, 6.07) is 11.0. The van der Waals surface area contributed by atoms with Gasteiger partial charge < -0.3 is 10.2 Å². The summed E-state index contributed by atoms with van der Waals surface area (Å²) in [7, 11) is 3.35. The molecule has 0 heterocycles. The predicted octanol–water partition coefficient (Wildman–Crippen LogP) is 4.16. The summed E-state index contributed by atoms with van der Waals surface area (Å²) in [5.74, 6) is -0.843. The topological polar surface area (TPSA) is 49.4 Å². The Balaban J connectivity index is 2.15. The van der Waals surface area contributed by atoms with Crippen molar-refractivity contribution in [3.05, 3.63) is 59.4 Å². The van der Waals surface area contributed by atoms with Crippen molar-refractivity contribution in [2.75, 3.05) is 19.4 Å². The molecule has 0 unspecified atom stereocenters. The molecule has 0 fully saturated rings. The zero-order valence-electron chi connectivity index (χ0n) is 13.1. The Morgan fingerprint density at radius 2 is 1.87 bits per heavy atom. The Bertz CT molecular complexity index is 747. The van der Waals surface area contributed by atoms with E-state index in [0.717, 1.165) is 16.7 Å². The maximum absolute atomic E-state index is 13.3. The van der Waals surface area contributed by atoms with Gasteiger partial charge in [0.15, 0.2) is 0 Å². The van der Waals surface area contributed by atoms with Crippen LogP contribution in [0.2, 0.25) is 0 Å². The van der Waals surface area contributed by atoms with Crippen molar-refractivity contribution in [3.8, 4) is 0 Å². The highest BCUT2D eigenvalue weighted by molar-refractivity contribution is 8.13. The van der Waals surface area contributed by atoms with Crippen molar-refractivity contribution in [3.63, 3.8) is 0 Å². The van der Waals surface area contributed by atoms with Crippen LogP contribution in [0, 0.1) is 12.7 Å². The van der Waals surface area contributed by atoms with Gasteiger partial charge in [-0.1, -0.05) is 12.1 Å². The highest BCUT2D eigenvalue weighted by Gasteiger charge is 2.12. The zero-order valence-corrected chi connectivity index (χ0v) is 13.9. The van der Waals surface area contributed by atoms with Gasteiger partial charge >= 0.3 is 0 Å². The second-order valence-electron chi connectivity index (χ2n) is 5.20. The number of rotatable bonds is 3. The molecule has 2 aromatic carbocycles. The molecule has 0 atom stereocenters. The maximum Gasteiger partial charge on any atom is 0.285 e. The fourth-order valence-electron chi connectivity index (χ4n) is 1.87. The van der Waals surface area contributed by atoms with Crippen molar-refractivity contribution in [1.82, 2.24) is 4.90 Å². The molecule has 2 rings (SSSR count). The number of hydrogen-bond donors (Lipinski definition) is 1. The molecule has 0 spiro atoms. The summed E-state index contributed by atoms with van der Waals surface area (Å²) >= 11 is 1.07. The molecule has 0 aromatic heterocycles. The lowest BCUT2D eigenvalue weighted by Gasteiger charge is -2.11. The fourth-order valence-corrected chi connectivity index (χ4v) is 2.58. The van der Waals surface area contributed by atoms with E-state index in [0.29, 0.717) is 11.3 Å². The van der Waals surface area contributed by atoms with Crippen LogP contribution in [0.25, 0.3) is 0 Å². The molecule has 0 saturated carbocycles. The van der Waals surface area contributed by atoms with Gasteiger partial charge in [-0.15, -0.1) is 0 Å². The highest BCUT2D eigenvalue weighted by atomic mass is 32.2. The van der Waals surface area contributed by atoms with Crippen LogP contribution in [-0.4, -0.2) is 30.1 Å². The minimum Gasteiger partial charge on any atom is -0.339 e. The Labute approximate surface area is 138 Å². The molecule has 23 heavy (non-hydrogen) atoms. The van der Waals surface area contributed by atoms with Crippen LogP contribution in [0.15, 0.2) is 47.4 Å². The first kappa shape index (κ1) is 17.0. The minimum atomic E-state index is -0.457. The van der Waals surface area contributed by atoms with Gasteiger partial charge in [0.1, 0.15) is 5.82 Å². The van der Waals surface area contributed by atoms with E-state index in [4.69, 9.17) is 0 Å². The molecular weight excluding hydrogens is 315 g/mol. The predicted molar refractivity (Wildman–Crippen MR) is 90.5 cm³/mol. The number of nitrogens with zero attached hydrogens (tertiary/aromatic N) is 1. The lowest BCUT2D eigenvalue weighted by Crippen LogP contribution is -2.16. The average molecular weight is 332 g/mol. The van der Waals surface area contributed by atoms with Crippen LogP contribution in [0.3, 0.4) is 0 Å². The van der Waals surface area contributed by atoms with Gasteiger partial charge in [-0.3, -0.25) is 9.59 Å². The van der Waals surface area contributed by atoms with Crippen LogP contribution < -0.4 is 5.32 Å². The van der Waals surface area contributed by atoms with E-state index in [2.05, 4.69) is 5.32 Å². The quantitative estimate of drug-likeness (QED) is 0.859. The number of carbonyl (C=O) groups excluding carboxylic acids is 2. The van der Waals surface area contributed by atoms with Gasteiger partial charge in [-0.05, 0) is 54.6 Å². The van der Waals surface area contributed by atoms with Crippen LogP contribution >= 0.6 is 11.8 Å². The fraction of sp³-hybridized carbons (Fsp3) is 0.176. The van der Waals surface area contributed by atoms with Crippen molar-refractivity contribution in [1.29, 1.82) is 0 Å². The van der Waals surface area contributed by atoms with Gasteiger partial charge in [0.05, 0.1) is 0 Å². The summed E-state index contributed by atoms with van der Waals surface area (Å²) in [6.07, 6.45) is 0. The van der Waals surface area contributed by atoms with Gasteiger partial charge in [0.25, 0.3) is 11.1 Å². The number of aryl methyl sites for hydroxylation is 1. The lowest BCUT2D eigenvalue weighted by molar-refractivity contribution is 0.102. The Hall–Kier alpha value is -2.34. The second-order valence-corrected chi connectivity index (χ2v) is 6.23. The first-order valence-corrected chi connectivity index (χ1v) is 7.75. The molecule has 0 saturated heterocycles. The normalized spacial score (nSPS) is 10.3. The zero-order chi connectivity index (χ0) is 17.0. The number of amides is 2. The van der Waals surface area contributed by atoms with E-state index in [9.17, 15) is 14.0 Å². The van der Waals surface area contributed by atoms with E-state index in [1.165, 1.54) is 17.0 Å². The van der Waals surface area contributed by atoms with Crippen LogP contribution in [-0.2, 0) is 0 Å². The second kappa shape index (κ2) is 7.28. The van der Waals surface area contributed by atoms with Crippen molar-refractivity contribution >= 4 is 28.6 Å². The maximum atomic E-state index is 13.3. The molecule has 0 bridgehead atoms. The summed E-state index contributed by atoms with van der Waals surface area (Å²) in [5, 5.41) is 2.62. The number of halogens is 1. The molecule has 0 aliphatic rings. The number of thioether (sulfide) groups is 1. The molecule has 120 valence electrons. The minimum absolute atomic E-state index is 0.102. The third kappa shape index (κ3) is 4.56. The van der Waals surface area contributed by atoms with E-state index in [1.807, 2.05) is 0 Å². The Kier molecular flexibility index (Phi) is 5.39. The Morgan fingerprint density at radius 1 is 1.13 bits per heavy atom. The monoisotopic (exact) mass is 332 g/mol. The van der Waals surface area contributed by atoms with Gasteiger partial charge in [-0.25, -0.2) is 4.39 Å². The number of hydrogen-bond acceptors (Lipinski definition) is 3. The third-order valence-corrected chi connectivity index (χ3v) is 4.14. The summed E-state index contributed by atoms with van der Waals surface area (Å²) in [6.45, 7) is 1.75. The molecule has 0 radical (unpaired) electrons. The number of anilines is 1. The summed E-state index contributed by atoms with van der Waals surface area (Å²) in [4.78, 5) is 26.2. The number of carbonyl (C=O) groups is 2. The summed E-state index contributed by atoms with van der Waals surface area (Å²) in [5.41, 5.74) is 1.53. The van der Waals surface area contributed by atoms with E-state index in [1.54, 1.807) is 51.4 Å². The molecule has 6 heteroatoms.